The van der Waals surface area contributed by atoms with Crippen molar-refractivity contribution in [3.63, 3.8) is 0 Å². The minimum absolute atomic E-state index is 0.350. The fourth-order valence-electron chi connectivity index (χ4n) is 2.91. The van der Waals surface area contributed by atoms with Gasteiger partial charge in [0.25, 0.3) is 0 Å². The van der Waals surface area contributed by atoms with Gasteiger partial charge in [0.15, 0.2) is 0 Å². The van der Waals surface area contributed by atoms with Crippen LogP contribution in [-0.2, 0) is 6.54 Å². The van der Waals surface area contributed by atoms with Crippen molar-refractivity contribution < 1.29 is 9.90 Å². The molecule has 94 valence electrons. The van der Waals surface area contributed by atoms with E-state index in [1.54, 1.807) is 18.5 Å². The number of benzene rings is 1. The van der Waals surface area contributed by atoms with Gasteiger partial charge in [0.1, 0.15) is 0 Å². The highest BCUT2D eigenvalue weighted by molar-refractivity contribution is 6.01. The van der Waals surface area contributed by atoms with Crippen LogP contribution in [0.1, 0.15) is 36.0 Å². The number of aromatic carboxylic acids is 1. The Balaban J connectivity index is 2.03. The standard InChI is InChI=1S/C14H16N2O2/c17-14(18)11-6-3-7-12-13(11)16(9-15-12)8-10-4-1-2-5-10/h3,6-7,9-10H,1-2,4-5,8H2,(H,17,18). The molecule has 1 N–H and O–H groups in total. The van der Waals surface area contributed by atoms with Gasteiger partial charge in [-0.1, -0.05) is 18.9 Å². The van der Waals surface area contributed by atoms with E-state index in [1.807, 2.05) is 10.6 Å². The van der Waals surface area contributed by atoms with Crippen molar-refractivity contribution >= 4 is 17.0 Å². The molecule has 0 bridgehead atoms. The van der Waals surface area contributed by atoms with Gasteiger partial charge in [0.05, 0.1) is 22.9 Å². The molecule has 1 heterocycles. The Kier molecular flexibility index (Phi) is 2.78. The lowest BCUT2D eigenvalue weighted by Crippen LogP contribution is -2.08. The zero-order chi connectivity index (χ0) is 12.5. The Hall–Kier alpha value is -1.84. The zero-order valence-corrected chi connectivity index (χ0v) is 10.2. The molecule has 4 nitrogen and oxygen atoms in total. The number of carboxylic acid groups (broad SMARTS) is 1. The number of aromatic nitrogens is 2. The SMILES string of the molecule is O=C(O)c1cccc2ncn(CC3CCCC3)c12. The average molecular weight is 244 g/mol. The van der Waals surface area contributed by atoms with Crippen molar-refractivity contribution in [1.82, 2.24) is 9.55 Å². The minimum Gasteiger partial charge on any atom is -0.478 e. The highest BCUT2D eigenvalue weighted by atomic mass is 16.4. The summed E-state index contributed by atoms with van der Waals surface area (Å²) in [5.74, 6) is -0.210. The van der Waals surface area contributed by atoms with Crippen molar-refractivity contribution in [2.75, 3.05) is 0 Å². The summed E-state index contributed by atoms with van der Waals surface area (Å²) in [6, 6.07) is 5.27. The minimum atomic E-state index is -0.881. The molecule has 0 amide bonds. The van der Waals surface area contributed by atoms with Crippen LogP contribution in [0, 0.1) is 5.92 Å². The molecule has 0 unspecified atom stereocenters. The Labute approximate surface area is 105 Å². The molecule has 18 heavy (non-hydrogen) atoms. The van der Waals surface area contributed by atoms with E-state index in [0.717, 1.165) is 17.6 Å². The lowest BCUT2D eigenvalue weighted by atomic mass is 10.1. The van der Waals surface area contributed by atoms with E-state index in [9.17, 15) is 9.90 Å². The maximum Gasteiger partial charge on any atom is 0.337 e. The summed E-state index contributed by atoms with van der Waals surface area (Å²) in [5, 5.41) is 9.25. The molecule has 4 heteroatoms. The molecule has 1 fully saturated rings. The maximum absolute atomic E-state index is 11.3. The molecule has 0 spiro atoms. The normalized spacial score (nSPS) is 16.4. The molecule has 0 saturated heterocycles. The molecule has 3 rings (SSSR count). The Morgan fingerprint density at radius 1 is 1.39 bits per heavy atom. The molecule has 1 aliphatic carbocycles. The third kappa shape index (κ3) is 1.88. The second-order valence-electron chi connectivity index (χ2n) is 5.03. The fourth-order valence-corrected chi connectivity index (χ4v) is 2.91. The lowest BCUT2D eigenvalue weighted by Gasteiger charge is -2.11. The third-order valence-electron chi connectivity index (χ3n) is 3.80. The first-order chi connectivity index (χ1) is 8.75. The number of carboxylic acids is 1. The first kappa shape index (κ1) is 11.3. The van der Waals surface area contributed by atoms with Gasteiger partial charge in [-0.25, -0.2) is 9.78 Å². The lowest BCUT2D eigenvalue weighted by molar-refractivity contribution is 0.0698. The summed E-state index contributed by atoms with van der Waals surface area (Å²) in [4.78, 5) is 15.6. The maximum atomic E-state index is 11.3. The van der Waals surface area contributed by atoms with E-state index in [2.05, 4.69) is 4.98 Å². The molecule has 0 aliphatic heterocycles. The Bertz CT molecular complexity index is 582. The van der Waals surface area contributed by atoms with Crippen LogP contribution in [0.4, 0.5) is 0 Å². The van der Waals surface area contributed by atoms with Crippen LogP contribution in [0.2, 0.25) is 0 Å². The van der Waals surface area contributed by atoms with Gasteiger partial charge in [-0.15, -0.1) is 0 Å². The van der Waals surface area contributed by atoms with Crippen LogP contribution in [0.25, 0.3) is 11.0 Å². The fraction of sp³-hybridized carbons (Fsp3) is 0.429. The molecule has 1 saturated carbocycles. The van der Waals surface area contributed by atoms with Crippen molar-refractivity contribution in [3.05, 3.63) is 30.1 Å². The molecule has 1 aromatic heterocycles. The van der Waals surface area contributed by atoms with Crippen LogP contribution in [-0.4, -0.2) is 20.6 Å². The molecular formula is C14H16N2O2. The van der Waals surface area contributed by atoms with E-state index < -0.39 is 5.97 Å². The average Bonchev–Trinajstić information content (AvgIpc) is 2.99. The Morgan fingerprint density at radius 3 is 2.89 bits per heavy atom. The van der Waals surface area contributed by atoms with Gasteiger partial charge >= 0.3 is 5.97 Å². The smallest absolute Gasteiger partial charge is 0.337 e. The summed E-state index contributed by atoms with van der Waals surface area (Å²) >= 11 is 0. The van der Waals surface area contributed by atoms with E-state index >= 15 is 0 Å². The van der Waals surface area contributed by atoms with Crippen LogP contribution in [0.5, 0.6) is 0 Å². The Morgan fingerprint density at radius 2 is 2.17 bits per heavy atom. The van der Waals surface area contributed by atoms with Crippen molar-refractivity contribution in [2.45, 2.75) is 32.2 Å². The topological polar surface area (TPSA) is 55.1 Å². The van der Waals surface area contributed by atoms with Gasteiger partial charge in [-0.3, -0.25) is 0 Å². The zero-order valence-electron chi connectivity index (χ0n) is 10.2. The van der Waals surface area contributed by atoms with Gasteiger partial charge in [0, 0.05) is 6.54 Å². The molecule has 1 aromatic carbocycles. The number of hydrogen-bond acceptors (Lipinski definition) is 2. The van der Waals surface area contributed by atoms with Crippen molar-refractivity contribution in [3.8, 4) is 0 Å². The van der Waals surface area contributed by atoms with Gasteiger partial charge in [-0.2, -0.15) is 0 Å². The van der Waals surface area contributed by atoms with Gasteiger partial charge in [0.2, 0.25) is 0 Å². The number of imidazole rings is 1. The summed E-state index contributed by atoms with van der Waals surface area (Å²) in [5.41, 5.74) is 1.88. The highest BCUT2D eigenvalue weighted by Gasteiger charge is 2.18. The second kappa shape index (κ2) is 4.44. The van der Waals surface area contributed by atoms with Crippen LogP contribution >= 0.6 is 0 Å². The number of rotatable bonds is 3. The number of carbonyl (C=O) groups is 1. The molecule has 0 radical (unpaired) electrons. The molecule has 0 atom stereocenters. The van der Waals surface area contributed by atoms with E-state index in [-0.39, 0.29) is 0 Å². The van der Waals surface area contributed by atoms with Crippen LogP contribution in [0.3, 0.4) is 0 Å². The van der Waals surface area contributed by atoms with E-state index in [1.165, 1.54) is 25.7 Å². The molecular weight excluding hydrogens is 228 g/mol. The predicted molar refractivity (Wildman–Crippen MR) is 68.7 cm³/mol. The number of fused-ring (bicyclic) bond motifs is 1. The van der Waals surface area contributed by atoms with Gasteiger partial charge < -0.3 is 9.67 Å². The van der Waals surface area contributed by atoms with Crippen molar-refractivity contribution in [2.24, 2.45) is 5.92 Å². The predicted octanol–water partition coefficient (Wildman–Crippen LogP) is 2.92. The van der Waals surface area contributed by atoms with Crippen LogP contribution < -0.4 is 0 Å². The second-order valence-corrected chi connectivity index (χ2v) is 5.03. The largest absolute Gasteiger partial charge is 0.478 e. The highest BCUT2D eigenvalue weighted by Crippen LogP contribution is 2.28. The van der Waals surface area contributed by atoms with Crippen molar-refractivity contribution in [1.29, 1.82) is 0 Å². The summed E-state index contributed by atoms with van der Waals surface area (Å²) in [6.45, 7) is 0.890. The summed E-state index contributed by atoms with van der Waals surface area (Å²) < 4.78 is 2.01. The summed E-state index contributed by atoms with van der Waals surface area (Å²) in [7, 11) is 0. The number of nitrogens with zero attached hydrogens (tertiary/aromatic N) is 2. The molecule has 2 aromatic rings. The number of para-hydroxylation sites is 1. The van der Waals surface area contributed by atoms with E-state index in [4.69, 9.17) is 0 Å². The van der Waals surface area contributed by atoms with E-state index in [0.29, 0.717) is 11.5 Å². The quantitative estimate of drug-likeness (QED) is 0.903. The van der Waals surface area contributed by atoms with Gasteiger partial charge in [-0.05, 0) is 30.9 Å². The molecule has 1 aliphatic rings. The number of hydrogen-bond donors (Lipinski definition) is 1. The first-order valence-electron chi connectivity index (χ1n) is 6.43. The first-order valence-corrected chi connectivity index (χ1v) is 6.43. The third-order valence-corrected chi connectivity index (χ3v) is 3.80. The monoisotopic (exact) mass is 244 g/mol. The van der Waals surface area contributed by atoms with Crippen LogP contribution in [0.15, 0.2) is 24.5 Å². The summed E-state index contributed by atoms with van der Waals surface area (Å²) in [6.07, 6.45) is 6.85.